The van der Waals surface area contributed by atoms with E-state index < -0.39 is 0 Å². The Labute approximate surface area is 88.7 Å². The van der Waals surface area contributed by atoms with Crippen molar-refractivity contribution in [3.8, 4) is 0 Å². The number of aliphatic imine (C=N–C) groups is 1. The third-order valence-electron chi connectivity index (χ3n) is 2.13. The van der Waals surface area contributed by atoms with Crippen LogP contribution in [0.1, 0.15) is 20.3 Å². The number of carbonyl (C=O) groups excluding carboxylic acids is 1. The molecule has 0 bridgehead atoms. The molecular formula is C9H17N3OS. The van der Waals surface area contributed by atoms with E-state index in [-0.39, 0.29) is 5.91 Å². The molecule has 80 valence electrons. The van der Waals surface area contributed by atoms with Crippen LogP contribution in [0, 0.1) is 5.92 Å². The van der Waals surface area contributed by atoms with Gasteiger partial charge in [-0.3, -0.25) is 9.79 Å². The molecule has 0 aromatic heterocycles. The summed E-state index contributed by atoms with van der Waals surface area (Å²) in [7, 11) is 0. The molecule has 0 aromatic carbocycles. The summed E-state index contributed by atoms with van der Waals surface area (Å²) in [5.41, 5.74) is 5.02. The van der Waals surface area contributed by atoms with Gasteiger partial charge >= 0.3 is 0 Å². The third-order valence-corrected chi connectivity index (χ3v) is 3.17. The first-order valence-corrected chi connectivity index (χ1v) is 5.80. The van der Waals surface area contributed by atoms with E-state index in [0.29, 0.717) is 24.9 Å². The van der Waals surface area contributed by atoms with E-state index in [4.69, 9.17) is 5.73 Å². The minimum absolute atomic E-state index is 0.294. The molecule has 1 amide bonds. The smallest absolute Gasteiger partial charge is 0.219 e. The molecule has 1 saturated heterocycles. The number of nitrogens with zero attached hydrogens (tertiary/aromatic N) is 1. The lowest BCUT2D eigenvalue weighted by Crippen LogP contribution is -2.31. The predicted molar refractivity (Wildman–Crippen MR) is 60.3 cm³/mol. The molecule has 14 heavy (non-hydrogen) atoms. The van der Waals surface area contributed by atoms with Crippen LogP contribution in [0.2, 0.25) is 0 Å². The Morgan fingerprint density at radius 3 is 3.00 bits per heavy atom. The molecule has 5 heteroatoms. The van der Waals surface area contributed by atoms with Crippen LogP contribution in [0.15, 0.2) is 4.99 Å². The van der Waals surface area contributed by atoms with Crippen molar-refractivity contribution < 1.29 is 4.79 Å². The van der Waals surface area contributed by atoms with Crippen LogP contribution < -0.4 is 11.1 Å². The number of nitrogens with one attached hydrogen (secondary N) is 1. The Hall–Kier alpha value is -0.710. The normalized spacial score (nSPS) is 24.2. The van der Waals surface area contributed by atoms with Crippen LogP contribution in [0.25, 0.3) is 0 Å². The van der Waals surface area contributed by atoms with Gasteiger partial charge in [-0.25, -0.2) is 0 Å². The van der Waals surface area contributed by atoms with Gasteiger partial charge in [0.05, 0.1) is 6.54 Å². The van der Waals surface area contributed by atoms with Gasteiger partial charge in [0, 0.05) is 18.2 Å². The van der Waals surface area contributed by atoms with Crippen molar-refractivity contribution in [1.29, 1.82) is 0 Å². The van der Waals surface area contributed by atoms with Gasteiger partial charge in [-0.05, 0) is 5.92 Å². The SMILES string of the molecule is CC(C)C1CSC(=NCCC(N)=O)N1. The Morgan fingerprint density at radius 1 is 1.79 bits per heavy atom. The van der Waals surface area contributed by atoms with Gasteiger partial charge in [-0.15, -0.1) is 0 Å². The molecular weight excluding hydrogens is 198 g/mol. The monoisotopic (exact) mass is 215 g/mol. The highest BCUT2D eigenvalue weighted by Crippen LogP contribution is 2.18. The largest absolute Gasteiger partial charge is 0.370 e. The Morgan fingerprint density at radius 2 is 2.50 bits per heavy atom. The standard InChI is InChI=1S/C9H17N3OS/c1-6(2)7-5-14-9(12-7)11-4-3-8(10)13/h6-7H,3-5H2,1-2H3,(H2,10,13)(H,11,12). The molecule has 1 atom stereocenters. The minimum atomic E-state index is -0.294. The lowest BCUT2D eigenvalue weighted by Gasteiger charge is -2.12. The van der Waals surface area contributed by atoms with Crippen LogP contribution in [-0.4, -0.2) is 29.4 Å². The summed E-state index contributed by atoms with van der Waals surface area (Å²) < 4.78 is 0. The van der Waals surface area contributed by atoms with E-state index >= 15 is 0 Å². The summed E-state index contributed by atoms with van der Waals surface area (Å²) in [4.78, 5) is 14.7. The first-order valence-electron chi connectivity index (χ1n) is 4.81. The molecule has 1 heterocycles. The zero-order chi connectivity index (χ0) is 10.6. The number of amidine groups is 1. The van der Waals surface area contributed by atoms with Crippen LogP contribution >= 0.6 is 11.8 Å². The van der Waals surface area contributed by atoms with Crippen molar-refractivity contribution in [3.63, 3.8) is 0 Å². The quantitative estimate of drug-likeness (QED) is 0.721. The van der Waals surface area contributed by atoms with E-state index in [9.17, 15) is 4.79 Å². The van der Waals surface area contributed by atoms with Gasteiger partial charge in [0.1, 0.15) is 0 Å². The fraction of sp³-hybridized carbons (Fsp3) is 0.778. The van der Waals surface area contributed by atoms with Crippen molar-refractivity contribution in [2.24, 2.45) is 16.6 Å². The second kappa shape index (κ2) is 5.24. The van der Waals surface area contributed by atoms with Crippen molar-refractivity contribution in [3.05, 3.63) is 0 Å². The second-order valence-corrected chi connectivity index (χ2v) is 4.72. The molecule has 1 aliphatic heterocycles. The van der Waals surface area contributed by atoms with Gasteiger partial charge in [-0.1, -0.05) is 25.6 Å². The van der Waals surface area contributed by atoms with E-state index in [1.54, 1.807) is 11.8 Å². The third kappa shape index (κ3) is 3.57. The first-order chi connectivity index (χ1) is 6.59. The maximum absolute atomic E-state index is 10.5. The highest BCUT2D eigenvalue weighted by molar-refractivity contribution is 8.14. The van der Waals surface area contributed by atoms with Gasteiger partial charge in [0.25, 0.3) is 0 Å². The molecule has 0 radical (unpaired) electrons. The lowest BCUT2D eigenvalue weighted by atomic mass is 10.1. The van der Waals surface area contributed by atoms with Crippen molar-refractivity contribution in [2.75, 3.05) is 12.3 Å². The maximum atomic E-state index is 10.5. The molecule has 1 aliphatic rings. The van der Waals surface area contributed by atoms with E-state index in [1.807, 2.05) is 0 Å². The second-order valence-electron chi connectivity index (χ2n) is 3.71. The van der Waals surface area contributed by atoms with E-state index in [1.165, 1.54) is 0 Å². The number of nitrogens with two attached hydrogens (primary N) is 1. The molecule has 0 aliphatic carbocycles. The van der Waals surface area contributed by atoms with Crippen LogP contribution in [0.3, 0.4) is 0 Å². The molecule has 1 unspecified atom stereocenters. The van der Waals surface area contributed by atoms with E-state index in [2.05, 4.69) is 24.2 Å². The first kappa shape index (κ1) is 11.4. The molecule has 0 spiro atoms. The number of rotatable bonds is 4. The van der Waals surface area contributed by atoms with Crippen LogP contribution in [0.4, 0.5) is 0 Å². The zero-order valence-electron chi connectivity index (χ0n) is 8.62. The minimum Gasteiger partial charge on any atom is -0.370 e. The molecule has 1 rings (SSSR count). The summed E-state index contributed by atoms with van der Waals surface area (Å²) in [6.45, 7) is 4.87. The van der Waals surface area contributed by atoms with Gasteiger partial charge < -0.3 is 11.1 Å². The predicted octanol–water partition coefficient (Wildman–Crippen LogP) is 0.579. The topological polar surface area (TPSA) is 67.5 Å². The maximum Gasteiger partial charge on any atom is 0.219 e. The fourth-order valence-electron chi connectivity index (χ4n) is 1.13. The van der Waals surface area contributed by atoms with Crippen molar-refractivity contribution >= 4 is 22.8 Å². The summed E-state index contributed by atoms with van der Waals surface area (Å²) in [6.07, 6.45) is 0.331. The summed E-state index contributed by atoms with van der Waals surface area (Å²) >= 11 is 1.72. The zero-order valence-corrected chi connectivity index (χ0v) is 9.43. The number of amides is 1. The Balaban J connectivity index is 2.30. The average Bonchev–Trinajstić information content (AvgIpc) is 2.52. The molecule has 3 N–H and O–H groups in total. The van der Waals surface area contributed by atoms with Gasteiger partial charge in [0.15, 0.2) is 5.17 Å². The molecule has 4 nitrogen and oxygen atoms in total. The van der Waals surface area contributed by atoms with Gasteiger partial charge in [0.2, 0.25) is 5.91 Å². The molecule has 0 saturated carbocycles. The van der Waals surface area contributed by atoms with Gasteiger partial charge in [-0.2, -0.15) is 0 Å². The highest BCUT2D eigenvalue weighted by Gasteiger charge is 2.22. The van der Waals surface area contributed by atoms with Crippen molar-refractivity contribution in [1.82, 2.24) is 5.32 Å². The number of primary amides is 1. The Bertz CT molecular complexity index is 240. The molecule has 0 aromatic rings. The number of thioether (sulfide) groups is 1. The molecule has 1 fully saturated rings. The summed E-state index contributed by atoms with van der Waals surface area (Å²) in [6, 6.07) is 0.507. The highest BCUT2D eigenvalue weighted by atomic mass is 32.2. The lowest BCUT2D eigenvalue weighted by molar-refractivity contribution is -0.117. The average molecular weight is 215 g/mol. The van der Waals surface area contributed by atoms with Crippen molar-refractivity contribution in [2.45, 2.75) is 26.3 Å². The van der Waals surface area contributed by atoms with Crippen LogP contribution in [-0.2, 0) is 4.79 Å². The van der Waals surface area contributed by atoms with Crippen LogP contribution in [0.5, 0.6) is 0 Å². The van der Waals surface area contributed by atoms with E-state index in [0.717, 1.165) is 10.9 Å². The summed E-state index contributed by atoms with van der Waals surface area (Å²) in [5, 5.41) is 4.27. The fourth-order valence-corrected chi connectivity index (χ4v) is 2.35. The summed E-state index contributed by atoms with van der Waals surface area (Å²) in [5.74, 6) is 1.39. The number of hydrogen-bond donors (Lipinski definition) is 2. The number of carbonyl (C=O) groups is 1. The Kier molecular flexibility index (Phi) is 4.25. The number of hydrogen-bond acceptors (Lipinski definition) is 3.